The van der Waals surface area contributed by atoms with Gasteiger partial charge in [-0.1, -0.05) is 0 Å². The minimum atomic E-state index is -0.178. The van der Waals surface area contributed by atoms with Crippen molar-refractivity contribution in [3.63, 3.8) is 0 Å². The number of piperidine rings is 1. The molecule has 23 heavy (non-hydrogen) atoms. The lowest BCUT2D eigenvalue weighted by Crippen LogP contribution is -2.47. The third kappa shape index (κ3) is 2.70. The lowest BCUT2D eigenvalue weighted by molar-refractivity contribution is -0.128. The van der Waals surface area contributed by atoms with Gasteiger partial charge in [-0.25, -0.2) is 0 Å². The Bertz CT molecular complexity index is 695. The van der Waals surface area contributed by atoms with Gasteiger partial charge in [0.2, 0.25) is 5.91 Å². The highest BCUT2D eigenvalue weighted by Gasteiger charge is 2.49. The van der Waals surface area contributed by atoms with E-state index in [2.05, 4.69) is 27.6 Å². The molecule has 0 unspecified atom stereocenters. The van der Waals surface area contributed by atoms with Gasteiger partial charge >= 0.3 is 0 Å². The van der Waals surface area contributed by atoms with Crippen LogP contribution in [0.15, 0.2) is 29.2 Å². The summed E-state index contributed by atoms with van der Waals surface area (Å²) < 4.78 is 1.84. The van der Waals surface area contributed by atoms with Gasteiger partial charge in [-0.05, 0) is 37.3 Å². The van der Waals surface area contributed by atoms with Crippen LogP contribution in [0.5, 0.6) is 0 Å². The van der Waals surface area contributed by atoms with Gasteiger partial charge in [0.1, 0.15) is 0 Å². The number of rotatable bonds is 3. The highest BCUT2D eigenvalue weighted by molar-refractivity contribution is 7.08. The molecule has 5 nitrogen and oxygen atoms in total. The topological polar surface area (TPSA) is 41.4 Å². The molecule has 2 saturated heterocycles. The van der Waals surface area contributed by atoms with Gasteiger partial charge in [0.05, 0.1) is 17.3 Å². The van der Waals surface area contributed by atoms with Crippen molar-refractivity contribution in [3.05, 3.63) is 34.8 Å². The molecule has 2 aromatic rings. The Morgan fingerprint density at radius 3 is 3.00 bits per heavy atom. The van der Waals surface area contributed by atoms with Crippen molar-refractivity contribution in [3.8, 4) is 0 Å². The maximum absolute atomic E-state index is 13.1. The maximum atomic E-state index is 13.1. The molecule has 2 aliphatic rings. The molecule has 122 valence electrons. The number of likely N-dealkylation sites (tertiary alicyclic amines) is 1. The van der Waals surface area contributed by atoms with E-state index in [4.69, 9.17) is 0 Å². The fourth-order valence-electron chi connectivity index (χ4n) is 4.03. The number of thiophene rings is 1. The number of nitrogens with zero attached hydrogens (tertiary/aromatic N) is 4. The second kappa shape index (κ2) is 5.76. The Kier molecular flexibility index (Phi) is 3.73. The smallest absolute Gasteiger partial charge is 0.234 e. The van der Waals surface area contributed by atoms with E-state index in [-0.39, 0.29) is 5.41 Å². The van der Waals surface area contributed by atoms with E-state index in [1.807, 2.05) is 28.2 Å². The molecule has 0 radical (unpaired) electrons. The molecule has 0 bridgehead atoms. The minimum absolute atomic E-state index is 0.178. The van der Waals surface area contributed by atoms with Crippen molar-refractivity contribution in [2.45, 2.75) is 25.8 Å². The zero-order valence-corrected chi connectivity index (χ0v) is 14.3. The standard InChI is InChI=1S/C17H22N4OS/c1-19-10-14(9-18-19)11-20-6-2-4-17(13-20)5-7-21(16(17)22)15-3-8-23-12-15/h3,8-10,12H,2,4-7,11,13H2,1H3/t17-/m0/s1. The van der Waals surface area contributed by atoms with E-state index in [1.165, 1.54) is 5.56 Å². The monoisotopic (exact) mass is 330 g/mol. The van der Waals surface area contributed by atoms with E-state index < -0.39 is 0 Å². The molecular formula is C17H22N4OS. The van der Waals surface area contributed by atoms with Crippen molar-refractivity contribution in [2.24, 2.45) is 12.5 Å². The maximum Gasteiger partial charge on any atom is 0.234 e. The molecule has 0 aliphatic carbocycles. The lowest BCUT2D eigenvalue weighted by Gasteiger charge is -2.38. The number of amides is 1. The first-order chi connectivity index (χ1) is 11.2. The number of aromatic nitrogens is 2. The predicted molar refractivity (Wildman–Crippen MR) is 91.4 cm³/mol. The van der Waals surface area contributed by atoms with Crippen molar-refractivity contribution >= 4 is 22.9 Å². The summed E-state index contributed by atoms with van der Waals surface area (Å²) in [6, 6.07) is 2.05. The normalized spacial score (nSPS) is 25.6. The minimum Gasteiger partial charge on any atom is -0.311 e. The van der Waals surface area contributed by atoms with Crippen molar-refractivity contribution in [1.82, 2.24) is 14.7 Å². The van der Waals surface area contributed by atoms with Gasteiger partial charge in [0.15, 0.2) is 0 Å². The SMILES string of the molecule is Cn1cc(CN2CCC[C@]3(CCN(c4ccsc4)C3=O)C2)cn1. The average Bonchev–Trinajstić information content (AvgIpc) is 3.24. The lowest BCUT2D eigenvalue weighted by atomic mass is 9.78. The summed E-state index contributed by atoms with van der Waals surface area (Å²) in [6.45, 7) is 3.70. The highest BCUT2D eigenvalue weighted by Crippen LogP contribution is 2.42. The van der Waals surface area contributed by atoms with E-state index in [1.54, 1.807) is 11.3 Å². The van der Waals surface area contributed by atoms with Crippen molar-refractivity contribution in [2.75, 3.05) is 24.5 Å². The fourth-order valence-corrected chi connectivity index (χ4v) is 4.67. The zero-order chi connectivity index (χ0) is 15.9. The van der Waals surface area contributed by atoms with E-state index >= 15 is 0 Å². The number of hydrogen-bond donors (Lipinski definition) is 0. The molecule has 2 fully saturated rings. The molecule has 1 amide bonds. The van der Waals surface area contributed by atoms with Gasteiger partial charge in [-0.15, -0.1) is 0 Å². The molecule has 2 aromatic heterocycles. The van der Waals surface area contributed by atoms with Crippen LogP contribution < -0.4 is 4.90 Å². The molecule has 0 N–H and O–H groups in total. The first-order valence-corrected chi connectivity index (χ1v) is 9.15. The first kappa shape index (κ1) is 14.9. The second-order valence-electron chi connectivity index (χ2n) is 6.81. The summed E-state index contributed by atoms with van der Waals surface area (Å²) in [6.07, 6.45) is 7.09. The Balaban J connectivity index is 1.49. The third-order valence-corrected chi connectivity index (χ3v) is 5.82. The van der Waals surface area contributed by atoms with Gasteiger partial charge in [0, 0.05) is 43.8 Å². The van der Waals surface area contributed by atoms with E-state index in [9.17, 15) is 4.79 Å². The number of hydrogen-bond acceptors (Lipinski definition) is 4. The largest absolute Gasteiger partial charge is 0.311 e. The summed E-state index contributed by atoms with van der Waals surface area (Å²) in [7, 11) is 1.94. The Morgan fingerprint density at radius 1 is 1.35 bits per heavy atom. The van der Waals surface area contributed by atoms with Crippen LogP contribution in [0.2, 0.25) is 0 Å². The van der Waals surface area contributed by atoms with Crippen LogP contribution in [0.3, 0.4) is 0 Å². The first-order valence-electron chi connectivity index (χ1n) is 8.20. The fraction of sp³-hybridized carbons (Fsp3) is 0.529. The molecule has 0 saturated carbocycles. The molecule has 1 atom stereocenters. The third-order valence-electron chi connectivity index (χ3n) is 5.15. The summed E-state index contributed by atoms with van der Waals surface area (Å²) >= 11 is 1.65. The number of carbonyl (C=O) groups is 1. The van der Waals surface area contributed by atoms with Crippen LogP contribution in [0.4, 0.5) is 5.69 Å². The Morgan fingerprint density at radius 2 is 2.26 bits per heavy atom. The van der Waals surface area contributed by atoms with Crippen LogP contribution in [-0.2, 0) is 18.4 Å². The van der Waals surface area contributed by atoms with Crippen LogP contribution in [0.25, 0.3) is 0 Å². The molecule has 4 rings (SSSR count). The van der Waals surface area contributed by atoms with Crippen LogP contribution in [-0.4, -0.2) is 40.2 Å². The zero-order valence-electron chi connectivity index (χ0n) is 13.4. The summed E-state index contributed by atoms with van der Waals surface area (Å²) in [4.78, 5) is 17.5. The molecule has 4 heterocycles. The summed E-state index contributed by atoms with van der Waals surface area (Å²) in [5, 5.41) is 8.37. The van der Waals surface area contributed by atoms with Crippen molar-refractivity contribution in [1.29, 1.82) is 0 Å². The Hall–Kier alpha value is -1.66. The second-order valence-corrected chi connectivity index (χ2v) is 7.59. The number of aryl methyl sites for hydroxylation is 1. The number of carbonyl (C=O) groups excluding carboxylic acids is 1. The quantitative estimate of drug-likeness (QED) is 0.868. The van der Waals surface area contributed by atoms with Crippen LogP contribution >= 0.6 is 11.3 Å². The molecule has 2 aliphatic heterocycles. The Labute approximate surface area is 140 Å². The van der Waals surface area contributed by atoms with Crippen LogP contribution in [0.1, 0.15) is 24.8 Å². The molecule has 0 aromatic carbocycles. The molecule has 1 spiro atoms. The van der Waals surface area contributed by atoms with E-state index in [0.29, 0.717) is 5.91 Å². The average molecular weight is 330 g/mol. The van der Waals surface area contributed by atoms with E-state index in [0.717, 1.165) is 51.1 Å². The van der Waals surface area contributed by atoms with Gasteiger partial charge < -0.3 is 4.90 Å². The van der Waals surface area contributed by atoms with Crippen LogP contribution in [0, 0.1) is 5.41 Å². The van der Waals surface area contributed by atoms with Gasteiger partial charge in [0.25, 0.3) is 0 Å². The number of anilines is 1. The summed E-state index contributed by atoms with van der Waals surface area (Å²) in [5.74, 6) is 0.326. The highest BCUT2D eigenvalue weighted by atomic mass is 32.1. The predicted octanol–water partition coefficient (Wildman–Crippen LogP) is 2.50. The molecule has 6 heteroatoms. The molecular weight excluding hydrogens is 308 g/mol. The van der Waals surface area contributed by atoms with Gasteiger partial charge in [-0.2, -0.15) is 16.4 Å². The summed E-state index contributed by atoms with van der Waals surface area (Å²) in [5.41, 5.74) is 2.12. The van der Waals surface area contributed by atoms with Gasteiger partial charge in [-0.3, -0.25) is 14.4 Å². The van der Waals surface area contributed by atoms with Crippen molar-refractivity contribution < 1.29 is 4.79 Å².